The summed E-state index contributed by atoms with van der Waals surface area (Å²) in [4.78, 5) is 29.8. The fraction of sp³-hybridized carbons (Fsp3) is 0.355. The number of hydrogen-bond acceptors (Lipinski definition) is 6. The Morgan fingerprint density at radius 3 is 2.38 bits per heavy atom. The van der Waals surface area contributed by atoms with Gasteiger partial charge in [-0.1, -0.05) is 60.7 Å². The van der Waals surface area contributed by atoms with Crippen LogP contribution in [-0.4, -0.2) is 58.0 Å². The van der Waals surface area contributed by atoms with E-state index in [4.69, 9.17) is 9.47 Å². The van der Waals surface area contributed by atoms with Gasteiger partial charge in [0, 0.05) is 12.1 Å². The third-order valence-electron chi connectivity index (χ3n) is 7.14. The van der Waals surface area contributed by atoms with E-state index in [1.54, 1.807) is 42.0 Å². The molecule has 0 saturated heterocycles. The van der Waals surface area contributed by atoms with Crippen LogP contribution < -0.4 is 14.8 Å². The molecule has 1 heterocycles. The monoisotopic (exact) mass is 543 g/mol. The van der Waals surface area contributed by atoms with E-state index in [1.165, 1.54) is 0 Å². The van der Waals surface area contributed by atoms with Gasteiger partial charge in [0.15, 0.2) is 11.5 Å². The number of nitrogens with zero attached hydrogens (tertiary/aromatic N) is 4. The number of amides is 2. The average molecular weight is 544 g/mol. The van der Waals surface area contributed by atoms with Gasteiger partial charge in [0.2, 0.25) is 11.8 Å². The van der Waals surface area contributed by atoms with Crippen LogP contribution in [0.1, 0.15) is 44.4 Å². The molecule has 0 radical (unpaired) electrons. The van der Waals surface area contributed by atoms with Crippen LogP contribution in [0.25, 0.3) is 11.0 Å². The van der Waals surface area contributed by atoms with Crippen molar-refractivity contribution < 1.29 is 19.1 Å². The van der Waals surface area contributed by atoms with Gasteiger partial charge in [0.1, 0.15) is 18.1 Å². The van der Waals surface area contributed by atoms with Crippen molar-refractivity contribution in [2.45, 2.75) is 51.7 Å². The molecule has 3 aromatic carbocycles. The average Bonchev–Trinajstić information content (AvgIpc) is 3.37. The van der Waals surface area contributed by atoms with Crippen molar-refractivity contribution >= 4 is 22.8 Å². The van der Waals surface area contributed by atoms with Gasteiger partial charge in [0.25, 0.3) is 0 Å². The predicted octanol–water partition coefficient (Wildman–Crippen LogP) is 4.57. The first kappa shape index (κ1) is 28.6. The topological polar surface area (TPSA) is 98.6 Å². The highest BCUT2D eigenvalue weighted by Crippen LogP contribution is 2.33. The fourth-order valence-electron chi connectivity index (χ4n) is 4.53. The lowest BCUT2D eigenvalue weighted by molar-refractivity contribution is -0.142. The molecule has 2 amide bonds. The summed E-state index contributed by atoms with van der Waals surface area (Å²) in [5, 5.41) is 11.6. The summed E-state index contributed by atoms with van der Waals surface area (Å²) in [6.45, 7) is 6.19. The van der Waals surface area contributed by atoms with E-state index in [-0.39, 0.29) is 18.4 Å². The number of carbonyl (C=O) groups excluding carboxylic acids is 2. The van der Waals surface area contributed by atoms with Crippen LogP contribution in [0.2, 0.25) is 0 Å². The number of hydrogen-bond donors (Lipinski definition) is 1. The van der Waals surface area contributed by atoms with Gasteiger partial charge in [-0.15, -0.1) is 5.10 Å². The van der Waals surface area contributed by atoms with Gasteiger partial charge >= 0.3 is 0 Å². The summed E-state index contributed by atoms with van der Waals surface area (Å²) in [7, 11) is 3.11. The molecule has 1 atom stereocenters. The molecule has 9 heteroatoms. The second kappa shape index (κ2) is 12.6. The minimum absolute atomic E-state index is 0.0659. The van der Waals surface area contributed by atoms with Crippen molar-refractivity contribution in [1.29, 1.82) is 0 Å². The molecule has 40 heavy (non-hydrogen) atoms. The maximum Gasteiger partial charge on any atom is 0.247 e. The first-order valence-corrected chi connectivity index (χ1v) is 13.4. The highest BCUT2D eigenvalue weighted by molar-refractivity contribution is 5.89. The van der Waals surface area contributed by atoms with Crippen molar-refractivity contribution in [3.8, 4) is 11.5 Å². The molecule has 4 rings (SSSR count). The van der Waals surface area contributed by atoms with Crippen LogP contribution in [0, 0.1) is 0 Å². The van der Waals surface area contributed by atoms with E-state index in [1.807, 2.05) is 75.4 Å². The molecule has 0 fully saturated rings. The Morgan fingerprint density at radius 1 is 0.975 bits per heavy atom. The van der Waals surface area contributed by atoms with E-state index in [0.717, 1.165) is 17.5 Å². The van der Waals surface area contributed by atoms with E-state index >= 15 is 0 Å². The van der Waals surface area contributed by atoms with Crippen molar-refractivity contribution in [1.82, 2.24) is 25.2 Å². The summed E-state index contributed by atoms with van der Waals surface area (Å²) >= 11 is 0. The summed E-state index contributed by atoms with van der Waals surface area (Å²) in [5.41, 5.74) is 2.66. The SMILES string of the molecule is CCC(C)(C)NC(=O)C(c1ccc(OC)c(OC)c1)N(CCc1ccccc1)C(=O)Cn1nnc2ccccc21. The van der Waals surface area contributed by atoms with Gasteiger partial charge in [-0.2, -0.15) is 0 Å². The molecule has 1 unspecified atom stereocenters. The number of rotatable bonds is 12. The molecule has 0 bridgehead atoms. The van der Waals surface area contributed by atoms with Crippen molar-refractivity contribution in [3.63, 3.8) is 0 Å². The van der Waals surface area contributed by atoms with Gasteiger partial charge in [-0.3, -0.25) is 9.59 Å². The maximum atomic E-state index is 14.1. The lowest BCUT2D eigenvalue weighted by atomic mass is 9.98. The number of para-hydroxylation sites is 1. The van der Waals surface area contributed by atoms with Crippen LogP contribution in [-0.2, 0) is 22.6 Å². The van der Waals surface area contributed by atoms with E-state index in [0.29, 0.717) is 35.5 Å². The van der Waals surface area contributed by atoms with E-state index < -0.39 is 11.6 Å². The molecule has 4 aromatic rings. The third-order valence-corrected chi connectivity index (χ3v) is 7.14. The lowest BCUT2D eigenvalue weighted by Gasteiger charge is -2.35. The number of ether oxygens (including phenoxy) is 2. The number of aromatic nitrogens is 3. The van der Waals surface area contributed by atoms with E-state index in [2.05, 4.69) is 15.6 Å². The molecule has 0 aliphatic heterocycles. The molecule has 1 N–H and O–H groups in total. The Morgan fingerprint density at radius 2 is 1.68 bits per heavy atom. The Hall–Kier alpha value is -4.40. The molecule has 0 aliphatic rings. The molecular formula is C31H37N5O4. The number of carbonyl (C=O) groups is 2. The predicted molar refractivity (Wildman–Crippen MR) is 154 cm³/mol. The third kappa shape index (κ3) is 6.59. The second-order valence-corrected chi connectivity index (χ2v) is 10.3. The van der Waals surface area contributed by atoms with Crippen LogP contribution in [0.15, 0.2) is 72.8 Å². The highest BCUT2D eigenvalue weighted by atomic mass is 16.5. The maximum absolute atomic E-state index is 14.1. The molecule has 1 aromatic heterocycles. The zero-order valence-corrected chi connectivity index (χ0v) is 23.8. The summed E-state index contributed by atoms with van der Waals surface area (Å²) in [6.07, 6.45) is 1.29. The minimum Gasteiger partial charge on any atom is -0.493 e. The zero-order valence-electron chi connectivity index (χ0n) is 23.8. The highest BCUT2D eigenvalue weighted by Gasteiger charge is 2.34. The molecule has 0 saturated carbocycles. The number of methoxy groups -OCH3 is 2. The summed E-state index contributed by atoms with van der Waals surface area (Å²) in [5.74, 6) is 0.487. The Labute approximate surface area is 235 Å². The smallest absolute Gasteiger partial charge is 0.247 e. The minimum atomic E-state index is -0.920. The standard InChI is InChI=1S/C31H37N5O4/c1-6-31(2,3)32-30(38)29(23-16-17-26(39-4)27(20-23)40-5)35(19-18-22-12-8-7-9-13-22)28(37)21-36-25-15-11-10-14-24(25)33-34-36/h7-17,20,29H,6,18-19,21H2,1-5H3,(H,32,38). The van der Waals surface area contributed by atoms with Crippen molar-refractivity contribution in [2.75, 3.05) is 20.8 Å². The Kier molecular flexibility index (Phi) is 9.04. The van der Waals surface area contributed by atoms with Gasteiger partial charge in [-0.25, -0.2) is 4.68 Å². The van der Waals surface area contributed by atoms with Gasteiger partial charge in [-0.05, 0) is 62.1 Å². The molecule has 9 nitrogen and oxygen atoms in total. The van der Waals surface area contributed by atoms with Crippen LogP contribution >= 0.6 is 0 Å². The first-order chi connectivity index (χ1) is 19.3. The Balaban J connectivity index is 1.77. The van der Waals surface area contributed by atoms with Crippen molar-refractivity contribution in [2.24, 2.45) is 0 Å². The van der Waals surface area contributed by atoms with Gasteiger partial charge < -0.3 is 19.7 Å². The van der Waals surface area contributed by atoms with Crippen molar-refractivity contribution in [3.05, 3.63) is 83.9 Å². The normalized spacial score (nSPS) is 12.1. The first-order valence-electron chi connectivity index (χ1n) is 13.4. The van der Waals surface area contributed by atoms with E-state index in [9.17, 15) is 9.59 Å². The summed E-state index contributed by atoms with van der Waals surface area (Å²) < 4.78 is 12.6. The van der Waals surface area contributed by atoms with Crippen LogP contribution in [0.4, 0.5) is 0 Å². The molecular weight excluding hydrogens is 506 g/mol. The molecule has 0 aliphatic carbocycles. The largest absolute Gasteiger partial charge is 0.493 e. The number of benzene rings is 3. The lowest BCUT2D eigenvalue weighted by Crippen LogP contribution is -2.51. The zero-order chi connectivity index (χ0) is 28.7. The summed E-state index contributed by atoms with van der Waals surface area (Å²) in [6, 6.07) is 21.8. The van der Waals surface area contributed by atoms with Crippen LogP contribution in [0.5, 0.6) is 11.5 Å². The number of nitrogens with one attached hydrogen (secondary N) is 1. The second-order valence-electron chi connectivity index (χ2n) is 10.3. The quantitative estimate of drug-likeness (QED) is 0.281. The van der Waals surface area contributed by atoms with Crippen LogP contribution in [0.3, 0.4) is 0 Å². The molecule has 210 valence electrons. The number of fused-ring (bicyclic) bond motifs is 1. The Bertz CT molecular complexity index is 1450. The van der Waals surface area contributed by atoms with Gasteiger partial charge in [0.05, 0.1) is 19.7 Å². The molecule has 0 spiro atoms. The fourth-order valence-corrected chi connectivity index (χ4v) is 4.53.